The molecule has 0 heterocycles. The average molecular weight is 404 g/mol. The standard InChI is InChI=1S/C23H20N2O5/c26-22(30-16-17-8-7-13-20(14-17)25(28)29)15-21(18-9-3-1-4-10-18)24-23(27)19-11-5-2-6-12-19/h1-14,21H,15-16H2,(H,24,27). The van der Waals surface area contributed by atoms with Gasteiger partial charge in [-0.2, -0.15) is 0 Å². The van der Waals surface area contributed by atoms with Gasteiger partial charge in [0.25, 0.3) is 11.6 Å². The van der Waals surface area contributed by atoms with E-state index in [1.54, 1.807) is 30.3 Å². The van der Waals surface area contributed by atoms with E-state index in [0.29, 0.717) is 11.1 Å². The molecule has 0 saturated carbocycles. The molecule has 0 aromatic heterocycles. The van der Waals surface area contributed by atoms with Crippen molar-refractivity contribution in [3.8, 4) is 0 Å². The number of non-ortho nitro benzene ring substituents is 1. The Morgan fingerprint density at radius 2 is 1.60 bits per heavy atom. The number of nitro groups is 1. The number of carbonyl (C=O) groups excluding carboxylic acids is 2. The zero-order valence-corrected chi connectivity index (χ0v) is 16.1. The Bertz CT molecular complexity index is 1020. The number of ether oxygens (including phenoxy) is 1. The van der Waals surface area contributed by atoms with Crippen molar-refractivity contribution in [2.45, 2.75) is 19.1 Å². The van der Waals surface area contributed by atoms with E-state index in [1.807, 2.05) is 36.4 Å². The van der Waals surface area contributed by atoms with Gasteiger partial charge in [0.1, 0.15) is 6.61 Å². The summed E-state index contributed by atoms with van der Waals surface area (Å²) >= 11 is 0. The maximum absolute atomic E-state index is 12.6. The molecule has 30 heavy (non-hydrogen) atoms. The third-order valence-electron chi connectivity index (χ3n) is 4.44. The number of esters is 1. The molecule has 1 atom stereocenters. The quantitative estimate of drug-likeness (QED) is 0.345. The Morgan fingerprint density at radius 1 is 0.933 bits per heavy atom. The highest BCUT2D eigenvalue weighted by Crippen LogP contribution is 2.19. The number of amides is 1. The highest BCUT2D eigenvalue weighted by atomic mass is 16.6. The Kier molecular flexibility index (Phi) is 6.89. The highest BCUT2D eigenvalue weighted by molar-refractivity contribution is 5.94. The molecule has 3 rings (SSSR count). The molecule has 3 aromatic carbocycles. The van der Waals surface area contributed by atoms with E-state index in [-0.39, 0.29) is 24.6 Å². The fourth-order valence-electron chi connectivity index (χ4n) is 2.92. The molecule has 0 bridgehead atoms. The molecule has 7 heteroatoms. The van der Waals surface area contributed by atoms with Gasteiger partial charge in [0.2, 0.25) is 0 Å². The zero-order chi connectivity index (χ0) is 21.3. The van der Waals surface area contributed by atoms with Crippen LogP contribution in [0.25, 0.3) is 0 Å². The Balaban J connectivity index is 1.67. The van der Waals surface area contributed by atoms with Crippen LogP contribution in [-0.4, -0.2) is 16.8 Å². The molecule has 0 aliphatic rings. The summed E-state index contributed by atoms with van der Waals surface area (Å²) in [5.41, 5.74) is 1.71. The predicted molar refractivity (Wildman–Crippen MR) is 111 cm³/mol. The molecule has 0 aliphatic heterocycles. The van der Waals surface area contributed by atoms with E-state index < -0.39 is 16.9 Å². The van der Waals surface area contributed by atoms with Crippen LogP contribution in [0.3, 0.4) is 0 Å². The summed E-state index contributed by atoms with van der Waals surface area (Å²) in [7, 11) is 0. The van der Waals surface area contributed by atoms with Gasteiger partial charge in [-0.1, -0.05) is 60.7 Å². The predicted octanol–water partition coefficient (Wildman–Crippen LogP) is 4.20. The number of rotatable bonds is 8. The molecule has 0 spiro atoms. The summed E-state index contributed by atoms with van der Waals surface area (Å²) in [5, 5.41) is 13.7. The Labute approximate surface area is 173 Å². The smallest absolute Gasteiger partial charge is 0.308 e. The Morgan fingerprint density at radius 3 is 2.27 bits per heavy atom. The van der Waals surface area contributed by atoms with Crippen LogP contribution in [0.4, 0.5) is 5.69 Å². The van der Waals surface area contributed by atoms with E-state index in [1.165, 1.54) is 18.2 Å². The van der Waals surface area contributed by atoms with Gasteiger partial charge in [-0.3, -0.25) is 19.7 Å². The van der Waals surface area contributed by atoms with Crippen LogP contribution in [0.15, 0.2) is 84.9 Å². The molecule has 3 aromatic rings. The fraction of sp³-hybridized carbons (Fsp3) is 0.130. The van der Waals surface area contributed by atoms with Gasteiger partial charge in [-0.25, -0.2) is 0 Å². The van der Waals surface area contributed by atoms with Crippen LogP contribution < -0.4 is 5.32 Å². The second kappa shape index (κ2) is 9.97. The van der Waals surface area contributed by atoms with Crippen LogP contribution in [0, 0.1) is 10.1 Å². The second-order valence-corrected chi connectivity index (χ2v) is 6.59. The van der Waals surface area contributed by atoms with Gasteiger partial charge in [0.05, 0.1) is 17.4 Å². The summed E-state index contributed by atoms with van der Waals surface area (Å²) in [4.78, 5) is 35.4. The third kappa shape index (κ3) is 5.75. The maximum atomic E-state index is 12.6. The van der Waals surface area contributed by atoms with Crippen molar-refractivity contribution in [2.24, 2.45) is 0 Å². The number of carbonyl (C=O) groups is 2. The van der Waals surface area contributed by atoms with Crippen LogP contribution >= 0.6 is 0 Å². The number of nitrogens with zero attached hydrogens (tertiary/aromatic N) is 1. The van der Waals surface area contributed by atoms with Gasteiger partial charge in [0, 0.05) is 17.7 Å². The van der Waals surface area contributed by atoms with Crippen molar-refractivity contribution in [3.05, 3.63) is 112 Å². The topological polar surface area (TPSA) is 98.5 Å². The average Bonchev–Trinajstić information content (AvgIpc) is 2.78. The van der Waals surface area contributed by atoms with Crippen molar-refractivity contribution in [1.82, 2.24) is 5.32 Å². The number of hydrogen-bond acceptors (Lipinski definition) is 5. The van der Waals surface area contributed by atoms with Crippen molar-refractivity contribution in [3.63, 3.8) is 0 Å². The molecular weight excluding hydrogens is 384 g/mol. The maximum Gasteiger partial charge on any atom is 0.308 e. The van der Waals surface area contributed by atoms with Crippen LogP contribution in [0.5, 0.6) is 0 Å². The summed E-state index contributed by atoms with van der Waals surface area (Å²) in [6.45, 7) is -0.0886. The minimum absolute atomic E-state index is 0.0687. The van der Waals surface area contributed by atoms with Crippen LogP contribution in [0.2, 0.25) is 0 Å². The lowest BCUT2D eigenvalue weighted by Gasteiger charge is -2.19. The van der Waals surface area contributed by atoms with Crippen molar-refractivity contribution in [2.75, 3.05) is 0 Å². The van der Waals surface area contributed by atoms with Crippen molar-refractivity contribution < 1.29 is 19.2 Å². The number of nitro benzene ring substituents is 1. The molecule has 7 nitrogen and oxygen atoms in total. The fourth-order valence-corrected chi connectivity index (χ4v) is 2.92. The van der Waals surface area contributed by atoms with Crippen LogP contribution in [-0.2, 0) is 16.1 Å². The van der Waals surface area contributed by atoms with E-state index in [9.17, 15) is 19.7 Å². The molecule has 152 valence electrons. The van der Waals surface area contributed by atoms with Gasteiger partial charge >= 0.3 is 5.97 Å². The lowest BCUT2D eigenvalue weighted by atomic mass is 10.0. The first-order valence-electron chi connectivity index (χ1n) is 9.33. The molecule has 1 N–H and O–H groups in total. The second-order valence-electron chi connectivity index (χ2n) is 6.59. The summed E-state index contributed by atoms with van der Waals surface area (Å²) < 4.78 is 5.29. The summed E-state index contributed by atoms with van der Waals surface area (Å²) in [6, 6.07) is 23.2. The van der Waals surface area contributed by atoms with Gasteiger partial charge in [-0.15, -0.1) is 0 Å². The first-order valence-corrected chi connectivity index (χ1v) is 9.33. The zero-order valence-electron chi connectivity index (χ0n) is 16.1. The molecule has 0 fully saturated rings. The third-order valence-corrected chi connectivity index (χ3v) is 4.44. The van der Waals surface area contributed by atoms with Crippen LogP contribution in [0.1, 0.15) is 33.9 Å². The number of hydrogen-bond donors (Lipinski definition) is 1. The van der Waals surface area contributed by atoms with Crippen molar-refractivity contribution in [1.29, 1.82) is 0 Å². The minimum atomic E-state index is -0.573. The molecule has 0 aliphatic carbocycles. The molecule has 0 saturated heterocycles. The van der Waals surface area contributed by atoms with E-state index in [4.69, 9.17) is 4.74 Å². The highest BCUT2D eigenvalue weighted by Gasteiger charge is 2.20. The SMILES string of the molecule is O=C(CC(NC(=O)c1ccccc1)c1ccccc1)OCc1cccc([N+](=O)[O-])c1. The number of nitrogens with one attached hydrogen (secondary N) is 1. The lowest BCUT2D eigenvalue weighted by molar-refractivity contribution is -0.384. The summed E-state index contributed by atoms with van der Waals surface area (Å²) in [6.07, 6.45) is -0.0719. The van der Waals surface area contributed by atoms with Gasteiger partial charge in [0.15, 0.2) is 0 Å². The first kappa shape index (κ1) is 20.7. The largest absolute Gasteiger partial charge is 0.461 e. The van der Waals surface area contributed by atoms with E-state index >= 15 is 0 Å². The molecule has 1 amide bonds. The summed E-state index contributed by atoms with van der Waals surface area (Å²) in [5.74, 6) is -0.820. The minimum Gasteiger partial charge on any atom is -0.461 e. The molecular formula is C23H20N2O5. The van der Waals surface area contributed by atoms with Gasteiger partial charge in [-0.05, 0) is 23.3 Å². The number of benzene rings is 3. The molecule has 1 unspecified atom stereocenters. The monoisotopic (exact) mass is 404 g/mol. The molecule has 0 radical (unpaired) electrons. The van der Waals surface area contributed by atoms with E-state index in [0.717, 1.165) is 5.56 Å². The Hall–Kier alpha value is -4.00. The lowest BCUT2D eigenvalue weighted by Crippen LogP contribution is -2.30. The van der Waals surface area contributed by atoms with Gasteiger partial charge < -0.3 is 10.1 Å². The van der Waals surface area contributed by atoms with Crippen molar-refractivity contribution >= 4 is 17.6 Å². The normalized spacial score (nSPS) is 11.3. The van der Waals surface area contributed by atoms with E-state index in [2.05, 4.69) is 5.32 Å². The first-order chi connectivity index (χ1) is 14.5.